The molecule has 2 aromatic rings. The number of carbonyl (C=O) groups is 2. The summed E-state index contributed by atoms with van der Waals surface area (Å²) >= 11 is 1.56. The molecule has 0 bridgehead atoms. The average Bonchev–Trinajstić information content (AvgIpc) is 3.30. The Hall–Kier alpha value is -2.84. The van der Waals surface area contributed by atoms with E-state index in [9.17, 15) is 9.59 Å². The van der Waals surface area contributed by atoms with Gasteiger partial charge in [0, 0.05) is 18.9 Å². The van der Waals surface area contributed by atoms with Crippen LogP contribution in [0.15, 0.2) is 47.6 Å². The molecule has 1 aliphatic rings. The molecule has 0 radical (unpaired) electrons. The summed E-state index contributed by atoms with van der Waals surface area (Å²) in [6.07, 6.45) is 3.72. The molecular formula is C25H31N3O4S. The lowest BCUT2D eigenvalue weighted by Crippen LogP contribution is -2.35. The minimum absolute atomic E-state index is 0.0456. The van der Waals surface area contributed by atoms with Crippen molar-refractivity contribution in [3.8, 4) is 5.75 Å². The summed E-state index contributed by atoms with van der Waals surface area (Å²) in [6, 6.07) is 13.6. The number of carbonyl (C=O) groups excluding carboxylic acids is 2. The number of nitrogens with zero attached hydrogens (tertiary/aromatic N) is 1. The van der Waals surface area contributed by atoms with E-state index < -0.39 is 0 Å². The third-order valence-electron chi connectivity index (χ3n) is 4.99. The fourth-order valence-corrected chi connectivity index (χ4v) is 4.26. The monoisotopic (exact) mass is 469 g/mol. The Bertz CT molecular complexity index is 936. The van der Waals surface area contributed by atoms with Gasteiger partial charge in [-0.2, -0.15) is 5.10 Å². The second kappa shape index (κ2) is 13.0. The van der Waals surface area contributed by atoms with Gasteiger partial charge in [0.1, 0.15) is 5.75 Å². The van der Waals surface area contributed by atoms with Gasteiger partial charge in [0.15, 0.2) is 6.61 Å². The number of ether oxygens (including phenoxy) is 2. The van der Waals surface area contributed by atoms with E-state index in [1.807, 2.05) is 12.1 Å². The van der Waals surface area contributed by atoms with E-state index in [0.29, 0.717) is 18.0 Å². The number of hydrogen-bond donors (Lipinski definition) is 2. The molecule has 1 fully saturated rings. The van der Waals surface area contributed by atoms with Crippen LogP contribution in [-0.2, 0) is 20.1 Å². The maximum absolute atomic E-state index is 12.0. The first kappa shape index (κ1) is 24.8. The van der Waals surface area contributed by atoms with Gasteiger partial charge in [-0.3, -0.25) is 9.59 Å². The van der Waals surface area contributed by atoms with Gasteiger partial charge in [0.2, 0.25) is 5.91 Å². The summed E-state index contributed by atoms with van der Waals surface area (Å²) in [5.74, 6) is 1.40. The van der Waals surface area contributed by atoms with Crippen LogP contribution in [0.25, 0.3) is 0 Å². The van der Waals surface area contributed by atoms with Gasteiger partial charge in [0.05, 0.1) is 18.1 Å². The molecule has 1 atom stereocenters. The highest BCUT2D eigenvalue weighted by molar-refractivity contribution is 7.99. The van der Waals surface area contributed by atoms with Crippen molar-refractivity contribution in [2.45, 2.75) is 38.5 Å². The van der Waals surface area contributed by atoms with Crippen LogP contribution < -0.4 is 15.5 Å². The highest BCUT2D eigenvalue weighted by Crippen LogP contribution is 2.16. The highest BCUT2D eigenvalue weighted by Gasteiger charge is 2.16. The Morgan fingerprint density at radius 3 is 2.61 bits per heavy atom. The summed E-state index contributed by atoms with van der Waals surface area (Å²) in [5.41, 5.74) is 7.04. The van der Waals surface area contributed by atoms with Gasteiger partial charge in [-0.1, -0.05) is 29.3 Å². The van der Waals surface area contributed by atoms with Crippen molar-refractivity contribution >= 4 is 29.8 Å². The van der Waals surface area contributed by atoms with Crippen molar-refractivity contribution in [3.05, 3.63) is 64.7 Å². The lowest BCUT2D eigenvalue weighted by molar-refractivity contribution is -0.123. The van der Waals surface area contributed by atoms with Gasteiger partial charge < -0.3 is 14.8 Å². The topological polar surface area (TPSA) is 89.0 Å². The molecule has 2 aromatic carbocycles. The zero-order valence-electron chi connectivity index (χ0n) is 19.1. The SMILES string of the molecule is Cc1cc(C)cc(CSCC(=O)N/N=C\c2ccc(OCC(=O)NC[C@@H]3CCCO3)cc2)c1. The number of benzene rings is 2. The van der Waals surface area contributed by atoms with E-state index in [4.69, 9.17) is 9.47 Å². The molecule has 0 unspecified atom stereocenters. The van der Waals surface area contributed by atoms with Crippen LogP contribution in [0.3, 0.4) is 0 Å². The molecule has 1 heterocycles. The largest absolute Gasteiger partial charge is 0.484 e. The summed E-state index contributed by atoms with van der Waals surface area (Å²) in [6.45, 7) is 5.39. The van der Waals surface area contributed by atoms with E-state index in [-0.39, 0.29) is 24.5 Å². The molecule has 0 saturated carbocycles. The zero-order valence-corrected chi connectivity index (χ0v) is 20.0. The quantitative estimate of drug-likeness (QED) is 0.389. The van der Waals surface area contributed by atoms with Crippen molar-refractivity contribution in [3.63, 3.8) is 0 Å². The maximum atomic E-state index is 12.0. The molecule has 176 valence electrons. The van der Waals surface area contributed by atoms with Crippen molar-refractivity contribution in [2.24, 2.45) is 5.10 Å². The van der Waals surface area contributed by atoms with Crippen LogP contribution >= 0.6 is 11.8 Å². The Morgan fingerprint density at radius 2 is 1.91 bits per heavy atom. The lowest BCUT2D eigenvalue weighted by Gasteiger charge is -2.11. The first-order valence-corrected chi connectivity index (χ1v) is 12.2. The van der Waals surface area contributed by atoms with Crippen LogP contribution in [0.5, 0.6) is 5.75 Å². The van der Waals surface area contributed by atoms with Crippen molar-refractivity contribution < 1.29 is 19.1 Å². The fourth-order valence-electron chi connectivity index (χ4n) is 3.51. The van der Waals surface area contributed by atoms with Crippen molar-refractivity contribution in [1.82, 2.24) is 10.7 Å². The van der Waals surface area contributed by atoms with Crippen LogP contribution in [-0.4, -0.2) is 49.6 Å². The summed E-state index contributed by atoms with van der Waals surface area (Å²) in [4.78, 5) is 23.9. The van der Waals surface area contributed by atoms with E-state index in [0.717, 1.165) is 30.8 Å². The molecule has 0 aromatic heterocycles. The summed E-state index contributed by atoms with van der Waals surface area (Å²) in [7, 11) is 0. The molecule has 2 N–H and O–H groups in total. The molecule has 7 nitrogen and oxygen atoms in total. The van der Waals surface area contributed by atoms with E-state index in [2.05, 4.69) is 47.9 Å². The summed E-state index contributed by atoms with van der Waals surface area (Å²) in [5, 5.41) is 6.83. The Kier molecular flexibility index (Phi) is 9.77. The number of nitrogens with one attached hydrogen (secondary N) is 2. The zero-order chi connectivity index (χ0) is 23.5. The van der Waals surface area contributed by atoms with Crippen LogP contribution in [0, 0.1) is 13.8 Å². The Labute approximate surface area is 199 Å². The second-order valence-corrected chi connectivity index (χ2v) is 9.06. The van der Waals surface area contributed by atoms with E-state index in [1.54, 1.807) is 30.1 Å². The molecule has 0 spiro atoms. The van der Waals surface area contributed by atoms with E-state index in [1.165, 1.54) is 16.7 Å². The molecule has 1 aliphatic heterocycles. The number of hydrogen-bond acceptors (Lipinski definition) is 6. The number of amides is 2. The molecular weight excluding hydrogens is 438 g/mol. The Morgan fingerprint density at radius 1 is 1.15 bits per heavy atom. The van der Waals surface area contributed by atoms with Gasteiger partial charge in [-0.05, 0) is 62.1 Å². The summed E-state index contributed by atoms with van der Waals surface area (Å²) < 4.78 is 11.0. The predicted octanol–water partition coefficient (Wildman–Crippen LogP) is 3.36. The van der Waals surface area contributed by atoms with Crippen LogP contribution in [0.4, 0.5) is 0 Å². The minimum atomic E-state index is -0.172. The predicted molar refractivity (Wildman–Crippen MR) is 132 cm³/mol. The highest BCUT2D eigenvalue weighted by atomic mass is 32.2. The minimum Gasteiger partial charge on any atom is -0.484 e. The van der Waals surface area contributed by atoms with Gasteiger partial charge >= 0.3 is 0 Å². The third-order valence-corrected chi connectivity index (χ3v) is 5.99. The first-order valence-electron chi connectivity index (χ1n) is 11.1. The molecule has 8 heteroatoms. The number of thioether (sulfide) groups is 1. The number of aryl methyl sites for hydroxylation is 2. The second-order valence-electron chi connectivity index (χ2n) is 8.08. The van der Waals surface area contributed by atoms with Crippen molar-refractivity contribution in [1.29, 1.82) is 0 Å². The molecule has 2 amide bonds. The first-order chi connectivity index (χ1) is 16.0. The Balaban J connectivity index is 1.31. The standard InChI is InChI=1S/C25H31N3O4S/c1-18-10-19(2)12-21(11-18)16-33-17-25(30)28-27-13-20-5-7-22(8-6-20)32-15-24(29)26-14-23-4-3-9-31-23/h5-8,10-13,23H,3-4,9,14-17H2,1-2H3,(H,26,29)(H,28,30)/b27-13-/t23-/m0/s1. The molecule has 0 aliphatic carbocycles. The average molecular weight is 470 g/mol. The van der Waals surface area contributed by atoms with Crippen molar-refractivity contribution in [2.75, 3.05) is 25.5 Å². The molecule has 1 saturated heterocycles. The van der Waals surface area contributed by atoms with Gasteiger partial charge in [-0.15, -0.1) is 11.8 Å². The molecule has 33 heavy (non-hydrogen) atoms. The van der Waals surface area contributed by atoms with E-state index >= 15 is 0 Å². The van der Waals surface area contributed by atoms with Crippen LogP contribution in [0.1, 0.15) is 35.1 Å². The lowest BCUT2D eigenvalue weighted by atomic mass is 10.1. The smallest absolute Gasteiger partial charge is 0.258 e. The maximum Gasteiger partial charge on any atom is 0.258 e. The number of hydrazone groups is 1. The van der Waals surface area contributed by atoms with Crippen LogP contribution in [0.2, 0.25) is 0 Å². The molecule has 3 rings (SSSR count). The fraction of sp³-hybridized carbons (Fsp3) is 0.400. The van der Waals surface area contributed by atoms with Gasteiger partial charge in [-0.25, -0.2) is 5.43 Å². The normalized spacial score (nSPS) is 15.5. The van der Waals surface area contributed by atoms with Gasteiger partial charge in [0.25, 0.3) is 5.91 Å². The third kappa shape index (κ3) is 9.27. The number of rotatable bonds is 11.